The van der Waals surface area contributed by atoms with Gasteiger partial charge in [-0.25, -0.2) is 4.39 Å². The van der Waals surface area contributed by atoms with E-state index in [-0.39, 0.29) is 5.82 Å². The molecule has 2 aromatic rings. The Hall–Kier alpha value is -1.94. The van der Waals surface area contributed by atoms with Gasteiger partial charge >= 0.3 is 0 Å². The standard InChI is InChI=1S/C21H28FN3/c1-15-13-18(22)7-8-21(15)25-11-9-19(10-12-25)24-17(3)14-20-6-4-5-16(2)23-20/h4-8,13,17,19,24H,9-12,14H2,1-3H3. The molecule has 1 unspecified atom stereocenters. The van der Waals surface area contributed by atoms with Crippen molar-refractivity contribution in [3.63, 3.8) is 0 Å². The number of hydrogen-bond acceptors (Lipinski definition) is 3. The van der Waals surface area contributed by atoms with E-state index in [0.717, 1.165) is 55.0 Å². The summed E-state index contributed by atoms with van der Waals surface area (Å²) in [5.41, 5.74) is 4.41. The molecule has 0 amide bonds. The summed E-state index contributed by atoms with van der Waals surface area (Å²) in [7, 11) is 0. The fraction of sp³-hybridized carbons (Fsp3) is 0.476. The summed E-state index contributed by atoms with van der Waals surface area (Å²) in [6.07, 6.45) is 3.18. The van der Waals surface area contributed by atoms with E-state index < -0.39 is 0 Å². The topological polar surface area (TPSA) is 28.2 Å². The zero-order valence-corrected chi connectivity index (χ0v) is 15.4. The first-order valence-corrected chi connectivity index (χ1v) is 9.21. The van der Waals surface area contributed by atoms with Crippen molar-refractivity contribution in [3.05, 3.63) is 59.2 Å². The molecule has 1 aliphatic heterocycles. The van der Waals surface area contributed by atoms with Gasteiger partial charge in [0.1, 0.15) is 5.82 Å². The summed E-state index contributed by atoms with van der Waals surface area (Å²) in [5, 5.41) is 3.76. The molecule has 25 heavy (non-hydrogen) atoms. The molecule has 3 rings (SSSR count). The van der Waals surface area contributed by atoms with Crippen molar-refractivity contribution in [2.24, 2.45) is 0 Å². The van der Waals surface area contributed by atoms with E-state index in [1.807, 2.05) is 26.0 Å². The van der Waals surface area contributed by atoms with Gasteiger partial charge in [0.25, 0.3) is 0 Å². The molecule has 0 bridgehead atoms. The highest BCUT2D eigenvalue weighted by molar-refractivity contribution is 5.53. The molecular weight excluding hydrogens is 313 g/mol. The number of aromatic nitrogens is 1. The van der Waals surface area contributed by atoms with Crippen LogP contribution < -0.4 is 10.2 Å². The number of benzene rings is 1. The van der Waals surface area contributed by atoms with Crippen molar-refractivity contribution in [2.75, 3.05) is 18.0 Å². The fourth-order valence-corrected chi connectivity index (χ4v) is 3.75. The molecule has 1 aromatic carbocycles. The third-order valence-electron chi connectivity index (χ3n) is 4.98. The Balaban J connectivity index is 1.50. The van der Waals surface area contributed by atoms with Crippen LogP contribution in [-0.2, 0) is 6.42 Å². The van der Waals surface area contributed by atoms with E-state index in [0.29, 0.717) is 12.1 Å². The van der Waals surface area contributed by atoms with Crippen molar-refractivity contribution in [2.45, 2.75) is 52.1 Å². The van der Waals surface area contributed by atoms with Crippen molar-refractivity contribution in [3.8, 4) is 0 Å². The van der Waals surface area contributed by atoms with Crippen molar-refractivity contribution in [1.29, 1.82) is 0 Å². The van der Waals surface area contributed by atoms with Gasteiger partial charge in [0, 0.05) is 48.7 Å². The summed E-state index contributed by atoms with van der Waals surface area (Å²) < 4.78 is 13.3. The van der Waals surface area contributed by atoms with E-state index in [1.165, 1.54) is 0 Å². The number of piperidine rings is 1. The van der Waals surface area contributed by atoms with Crippen LogP contribution in [0.1, 0.15) is 36.7 Å². The minimum atomic E-state index is -0.156. The Kier molecular flexibility index (Phi) is 5.69. The number of halogens is 1. The van der Waals surface area contributed by atoms with Crippen molar-refractivity contribution < 1.29 is 4.39 Å². The molecule has 1 atom stereocenters. The Morgan fingerprint density at radius 2 is 1.96 bits per heavy atom. The van der Waals surface area contributed by atoms with E-state index in [2.05, 4.69) is 34.3 Å². The van der Waals surface area contributed by atoms with Crippen LogP contribution in [0.4, 0.5) is 10.1 Å². The normalized spacial score (nSPS) is 16.9. The third kappa shape index (κ3) is 4.79. The van der Waals surface area contributed by atoms with Crippen LogP contribution in [0.25, 0.3) is 0 Å². The predicted molar refractivity (Wildman–Crippen MR) is 102 cm³/mol. The quantitative estimate of drug-likeness (QED) is 0.890. The first kappa shape index (κ1) is 17.9. The molecule has 3 nitrogen and oxygen atoms in total. The van der Waals surface area contributed by atoms with Gasteiger partial charge in [-0.15, -0.1) is 0 Å². The summed E-state index contributed by atoms with van der Waals surface area (Å²) in [6.45, 7) is 8.29. The highest BCUT2D eigenvalue weighted by Crippen LogP contribution is 2.24. The summed E-state index contributed by atoms with van der Waals surface area (Å²) in [6, 6.07) is 12.3. The maximum Gasteiger partial charge on any atom is 0.123 e. The lowest BCUT2D eigenvalue weighted by Gasteiger charge is -2.36. The first-order valence-electron chi connectivity index (χ1n) is 9.21. The van der Waals surface area contributed by atoms with Crippen LogP contribution in [0.5, 0.6) is 0 Å². The molecule has 1 fully saturated rings. The average Bonchev–Trinajstić information content (AvgIpc) is 2.56. The second-order valence-corrected chi connectivity index (χ2v) is 7.23. The molecule has 134 valence electrons. The predicted octanol–water partition coefficient (Wildman–Crippen LogP) is 4.03. The maximum atomic E-state index is 13.3. The molecule has 0 saturated carbocycles. The lowest BCUT2D eigenvalue weighted by Crippen LogP contribution is -2.46. The molecule has 2 heterocycles. The van der Waals surface area contributed by atoms with Crippen LogP contribution in [0.15, 0.2) is 36.4 Å². The number of anilines is 1. The van der Waals surface area contributed by atoms with E-state index in [9.17, 15) is 4.39 Å². The van der Waals surface area contributed by atoms with Crippen molar-refractivity contribution >= 4 is 5.69 Å². The summed E-state index contributed by atoms with van der Waals surface area (Å²) >= 11 is 0. The first-order chi connectivity index (χ1) is 12.0. The van der Waals surface area contributed by atoms with Gasteiger partial charge in [-0.05, 0) is 69.5 Å². The molecule has 0 spiro atoms. The Morgan fingerprint density at radius 1 is 1.20 bits per heavy atom. The largest absolute Gasteiger partial charge is 0.371 e. The SMILES string of the molecule is Cc1cccc(CC(C)NC2CCN(c3ccc(F)cc3C)CC2)n1. The third-order valence-corrected chi connectivity index (χ3v) is 4.98. The summed E-state index contributed by atoms with van der Waals surface area (Å²) in [4.78, 5) is 6.97. The van der Waals surface area contributed by atoms with Crippen LogP contribution in [0, 0.1) is 19.7 Å². The number of nitrogens with one attached hydrogen (secondary N) is 1. The second kappa shape index (κ2) is 7.96. The zero-order chi connectivity index (χ0) is 17.8. The minimum Gasteiger partial charge on any atom is -0.371 e. The molecule has 1 aromatic heterocycles. The Labute approximate surface area is 150 Å². The maximum absolute atomic E-state index is 13.3. The van der Waals surface area contributed by atoms with Gasteiger partial charge in [0.2, 0.25) is 0 Å². The number of aryl methyl sites for hydroxylation is 2. The second-order valence-electron chi connectivity index (χ2n) is 7.23. The van der Waals surface area contributed by atoms with Gasteiger partial charge < -0.3 is 10.2 Å². The molecule has 1 saturated heterocycles. The van der Waals surface area contributed by atoms with Gasteiger partial charge in [0.15, 0.2) is 0 Å². The highest BCUT2D eigenvalue weighted by Gasteiger charge is 2.21. The number of nitrogens with zero attached hydrogens (tertiary/aromatic N) is 2. The molecule has 4 heteroatoms. The molecule has 0 radical (unpaired) electrons. The number of pyridine rings is 1. The average molecular weight is 341 g/mol. The zero-order valence-electron chi connectivity index (χ0n) is 15.4. The van der Waals surface area contributed by atoms with E-state index >= 15 is 0 Å². The molecule has 1 aliphatic rings. The fourth-order valence-electron chi connectivity index (χ4n) is 3.75. The monoisotopic (exact) mass is 341 g/mol. The van der Waals surface area contributed by atoms with Crippen molar-refractivity contribution in [1.82, 2.24) is 10.3 Å². The Bertz CT molecular complexity index is 708. The van der Waals surface area contributed by atoms with Gasteiger partial charge in [0.05, 0.1) is 0 Å². The smallest absolute Gasteiger partial charge is 0.123 e. The number of rotatable bonds is 5. The molecule has 1 N–H and O–H groups in total. The number of hydrogen-bond donors (Lipinski definition) is 1. The highest BCUT2D eigenvalue weighted by atomic mass is 19.1. The van der Waals surface area contributed by atoms with Gasteiger partial charge in [-0.3, -0.25) is 4.98 Å². The van der Waals surface area contributed by atoms with Crippen LogP contribution >= 0.6 is 0 Å². The van der Waals surface area contributed by atoms with E-state index in [1.54, 1.807) is 12.1 Å². The van der Waals surface area contributed by atoms with Gasteiger partial charge in [-0.1, -0.05) is 6.07 Å². The lowest BCUT2D eigenvalue weighted by atomic mass is 10.0. The van der Waals surface area contributed by atoms with E-state index in [4.69, 9.17) is 0 Å². The lowest BCUT2D eigenvalue weighted by molar-refractivity contribution is 0.374. The van der Waals surface area contributed by atoms with Gasteiger partial charge in [-0.2, -0.15) is 0 Å². The van der Waals surface area contributed by atoms with Crippen LogP contribution in [0.2, 0.25) is 0 Å². The van der Waals surface area contributed by atoms with Crippen LogP contribution in [-0.4, -0.2) is 30.2 Å². The molecule has 0 aliphatic carbocycles. The Morgan fingerprint density at radius 3 is 2.64 bits per heavy atom. The van der Waals surface area contributed by atoms with Crippen LogP contribution in [0.3, 0.4) is 0 Å². The molecular formula is C21H28FN3. The minimum absolute atomic E-state index is 0.156. The summed E-state index contributed by atoms with van der Waals surface area (Å²) in [5.74, 6) is -0.156.